The number of phenolic OH excluding ortho intramolecular Hbond substituents is 1. The van der Waals surface area contributed by atoms with Gasteiger partial charge in [0.1, 0.15) is 11.8 Å². The number of hydrogen-bond acceptors (Lipinski definition) is 6. The molecule has 0 radical (unpaired) electrons. The molecule has 202 valence electrons. The van der Waals surface area contributed by atoms with Crippen molar-refractivity contribution >= 4 is 21.4 Å². The van der Waals surface area contributed by atoms with E-state index in [0.717, 1.165) is 19.3 Å². The van der Waals surface area contributed by atoms with E-state index >= 15 is 0 Å². The molecular weight excluding hydrogens is 484 g/mol. The van der Waals surface area contributed by atoms with Crippen molar-refractivity contribution in [3.63, 3.8) is 0 Å². The van der Waals surface area contributed by atoms with Gasteiger partial charge in [0.05, 0.1) is 21.8 Å². The lowest BCUT2D eigenvalue weighted by atomic mass is 10.0. The van der Waals surface area contributed by atoms with Crippen LogP contribution in [0, 0.1) is 11.3 Å². The Hall–Kier alpha value is -2.76. The van der Waals surface area contributed by atoms with E-state index in [-0.39, 0.29) is 16.2 Å². The maximum absolute atomic E-state index is 12.5. The average Bonchev–Trinajstić information content (AvgIpc) is 2.90. The summed E-state index contributed by atoms with van der Waals surface area (Å²) in [5.41, 5.74) is 1.01. The second-order valence-corrected chi connectivity index (χ2v) is 11.3. The van der Waals surface area contributed by atoms with Crippen molar-refractivity contribution in [3.05, 3.63) is 48.0 Å². The minimum Gasteiger partial charge on any atom is -0.507 e. The predicted octanol–water partition coefficient (Wildman–Crippen LogP) is 8.44. The molecule has 0 bridgehead atoms. The molecule has 0 aromatic heterocycles. The highest BCUT2D eigenvalue weighted by molar-refractivity contribution is 7.89. The zero-order valence-corrected chi connectivity index (χ0v) is 23.0. The molecule has 0 aliphatic rings. The number of aromatic hydroxyl groups is 1. The highest BCUT2D eigenvalue weighted by atomic mass is 32.2. The Morgan fingerprint density at radius 1 is 0.757 bits per heavy atom. The Labute approximate surface area is 223 Å². The SMILES string of the molecule is CCCCCCCCCCCCCCCCNS(=O)(=O)c1ccc(N=Nc2ccc(O)c(C#N)c2)cc1. The third kappa shape index (κ3) is 12.4. The zero-order valence-electron chi connectivity index (χ0n) is 22.2. The third-order valence-corrected chi connectivity index (χ3v) is 7.83. The van der Waals surface area contributed by atoms with Crippen LogP contribution in [0.5, 0.6) is 5.75 Å². The molecule has 0 saturated carbocycles. The summed E-state index contributed by atoms with van der Waals surface area (Å²) < 4.78 is 27.8. The normalized spacial score (nSPS) is 11.7. The van der Waals surface area contributed by atoms with Gasteiger partial charge in [0.2, 0.25) is 10.0 Å². The Morgan fingerprint density at radius 3 is 1.78 bits per heavy atom. The van der Waals surface area contributed by atoms with Crippen molar-refractivity contribution in [1.82, 2.24) is 4.72 Å². The van der Waals surface area contributed by atoms with E-state index in [1.54, 1.807) is 18.2 Å². The number of nitrogens with zero attached hydrogens (tertiary/aromatic N) is 3. The first-order valence-electron chi connectivity index (χ1n) is 13.7. The van der Waals surface area contributed by atoms with E-state index in [2.05, 4.69) is 21.9 Å². The first-order valence-corrected chi connectivity index (χ1v) is 15.2. The van der Waals surface area contributed by atoms with Crippen molar-refractivity contribution in [1.29, 1.82) is 5.26 Å². The molecule has 2 aromatic carbocycles. The Kier molecular flexibility index (Phi) is 14.5. The van der Waals surface area contributed by atoms with Crippen LogP contribution in [-0.2, 0) is 10.0 Å². The molecule has 0 spiro atoms. The second kappa shape index (κ2) is 17.7. The molecule has 37 heavy (non-hydrogen) atoms. The lowest BCUT2D eigenvalue weighted by molar-refractivity contribution is 0.473. The maximum Gasteiger partial charge on any atom is 0.240 e. The number of azo groups is 1. The molecule has 0 heterocycles. The van der Waals surface area contributed by atoms with Crippen LogP contribution in [-0.4, -0.2) is 20.1 Å². The molecule has 0 atom stereocenters. The quantitative estimate of drug-likeness (QED) is 0.141. The molecule has 0 fully saturated rings. The molecule has 7 nitrogen and oxygen atoms in total. The van der Waals surface area contributed by atoms with Crippen LogP contribution >= 0.6 is 0 Å². The second-order valence-electron chi connectivity index (χ2n) is 9.50. The van der Waals surface area contributed by atoms with Gasteiger partial charge in [-0.1, -0.05) is 90.4 Å². The number of sulfonamides is 1. The van der Waals surface area contributed by atoms with Gasteiger partial charge in [0.15, 0.2) is 0 Å². The zero-order chi connectivity index (χ0) is 26.8. The predicted molar refractivity (Wildman–Crippen MR) is 149 cm³/mol. The standard InChI is InChI=1S/C29H42N4O3S/c1-2-3-4-5-6-7-8-9-10-11-12-13-14-15-22-31-37(35,36)28-19-16-26(17-20-28)32-33-27-18-21-29(34)25(23-27)24-30/h16-21,23,31,34H,2-15,22H2,1H3. The molecule has 0 amide bonds. The van der Waals surface area contributed by atoms with Gasteiger partial charge in [-0.15, -0.1) is 0 Å². The van der Waals surface area contributed by atoms with Crippen molar-refractivity contribution in [3.8, 4) is 11.8 Å². The van der Waals surface area contributed by atoms with Crippen LogP contribution in [0.4, 0.5) is 11.4 Å². The van der Waals surface area contributed by atoms with E-state index < -0.39 is 10.0 Å². The Balaban J connectivity index is 1.59. The smallest absolute Gasteiger partial charge is 0.240 e. The van der Waals surface area contributed by atoms with Gasteiger partial charge >= 0.3 is 0 Å². The number of benzene rings is 2. The van der Waals surface area contributed by atoms with Gasteiger partial charge in [-0.05, 0) is 48.9 Å². The monoisotopic (exact) mass is 526 g/mol. The van der Waals surface area contributed by atoms with E-state index in [1.165, 1.54) is 94.9 Å². The van der Waals surface area contributed by atoms with Crippen molar-refractivity contribution < 1.29 is 13.5 Å². The summed E-state index contributed by atoms with van der Waals surface area (Å²) in [5, 5.41) is 26.6. The van der Waals surface area contributed by atoms with Gasteiger partial charge < -0.3 is 5.11 Å². The first kappa shape index (κ1) is 30.5. The van der Waals surface area contributed by atoms with E-state index in [4.69, 9.17) is 5.26 Å². The molecule has 2 rings (SSSR count). The Bertz CT molecular complexity index is 1090. The van der Waals surface area contributed by atoms with Crippen LogP contribution in [0.3, 0.4) is 0 Å². The summed E-state index contributed by atoms with van der Waals surface area (Å²) in [6, 6.07) is 12.4. The lowest BCUT2D eigenvalue weighted by Gasteiger charge is -2.07. The number of nitrogens with one attached hydrogen (secondary N) is 1. The molecule has 0 saturated heterocycles. The van der Waals surface area contributed by atoms with Gasteiger partial charge in [-0.2, -0.15) is 15.5 Å². The van der Waals surface area contributed by atoms with Crippen molar-refractivity contribution in [2.75, 3.05) is 6.54 Å². The van der Waals surface area contributed by atoms with E-state index in [1.807, 2.05) is 6.07 Å². The molecular formula is C29H42N4O3S. The fraction of sp³-hybridized carbons (Fsp3) is 0.552. The fourth-order valence-electron chi connectivity index (χ4n) is 4.09. The molecule has 0 unspecified atom stereocenters. The molecule has 8 heteroatoms. The third-order valence-electron chi connectivity index (χ3n) is 6.35. The van der Waals surface area contributed by atoms with Crippen LogP contribution in [0.2, 0.25) is 0 Å². The highest BCUT2D eigenvalue weighted by Gasteiger charge is 2.13. The summed E-state index contributed by atoms with van der Waals surface area (Å²) in [6.45, 7) is 2.69. The van der Waals surface area contributed by atoms with Gasteiger partial charge in [-0.25, -0.2) is 13.1 Å². The summed E-state index contributed by atoms with van der Waals surface area (Å²) in [7, 11) is -3.56. The number of nitriles is 1. The average molecular weight is 527 g/mol. The molecule has 0 aliphatic carbocycles. The van der Waals surface area contributed by atoms with Crippen LogP contribution in [0.25, 0.3) is 0 Å². The highest BCUT2D eigenvalue weighted by Crippen LogP contribution is 2.25. The van der Waals surface area contributed by atoms with E-state index in [9.17, 15) is 13.5 Å². The van der Waals surface area contributed by atoms with Crippen LogP contribution < -0.4 is 4.72 Å². The summed E-state index contributed by atoms with van der Waals surface area (Å²) in [5.74, 6) is -0.113. The number of phenols is 1. The largest absolute Gasteiger partial charge is 0.507 e. The molecule has 0 aliphatic heterocycles. The first-order chi connectivity index (χ1) is 18.0. The summed E-state index contributed by atoms with van der Waals surface area (Å²) in [4.78, 5) is 0.188. The van der Waals surface area contributed by atoms with Gasteiger partial charge in [-0.3, -0.25) is 0 Å². The fourth-order valence-corrected chi connectivity index (χ4v) is 5.17. The van der Waals surface area contributed by atoms with Gasteiger partial charge in [0.25, 0.3) is 0 Å². The Morgan fingerprint density at radius 2 is 1.24 bits per heavy atom. The number of hydrogen-bond donors (Lipinski definition) is 2. The summed E-state index contributed by atoms with van der Waals surface area (Å²) >= 11 is 0. The topological polar surface area (TPSA) is 115 Å². The van der Waals surface area contributed by atoms with Crippen LogP contribution in [0.15, 0.2) is 57.6 Å². The van der Waals surface area contributed by atoms with Crippen molar-refractivity contribution in [2.45, 2.75) is 102 Å². The van der Waals surface area contributed by atoms with Crippen LogP contribution in [0.1, 0.15) is 102 Å². The lowest BCUT2D eigenvalue weighted by Crippen LogP contribution is -2.24. The van der Waals surface area contributed by atoms with Gasteiger partial charge in [0, 0.05) is 6.54 Å². The number of rotatable bonds is 19. The van der Waals surface area contributed by atoms with E-state index in [0.29, 0.717) is 17.9 Å². The van der Waals surface area contributed by atoms with Crippen molar-refractivity contribution in [2.24, 2.45) is 10.2 Å². The minimum absolute atomic E-state index is 0.113. The maximum atomic E-state index is 12.5. The molecule has 2 aromatic rings. The number of unbranched alkanes of at least 4 members (excludes halogenated alkanes) is 13. The molecule has 2 N–H and O–H groups in total. The minimum atomic E-state index is -3.56. The summed E-state index contributed by atoms with van der Waals surface area (Å²) in [6.07, 6.45) is 17.8.